The average molecular weight is 461 g/mol. The average Bonchev–Trinajstić information content (AvgIpc) is 3.26. The van der Waals surface area contributed by atoms with E-state index in [1.165, 1.54) is 38.7 Å². The highest BCUT2D eigenvalue weighted by Gasteiger charge is 2.68. The molecule has 2 aliphatic heterocycles. The molecule has 3 aliphatic carbocycles. The number of aliphatic hydroxyl groups excluding tert-OH is 1. The van der Waals surface area contributed by atoms with Crippen molar-refractivity contribution in [1.29, 1.82) is 0 Å². The molecule has 1 N–H and O–H groups in total. The van der Waals surface area contributed by atoms with Gasteiger partial charge < -0.3 is 19.3 Å². The lowest BCUT2D eigenvalue weighted by Gasteiger charge is -2.67. The van der Waals surface area contributed by atoms with E-state index in [0.29, 0.717) is 22.3 Å². The first-order valence-corrected chi connectivity index (χ1v) is 12.8. The Labute approximate surface area is 197 Å². The van der Waals surface area contributed by atoms with Gasteiger partial charge in [-0.1, -0.05) is 34.1 Å². The minimum atomic E-state index is -1.25. The van der Waals surface area contributed by atoms with E-state index in [-0.39, 0.29) is 23.9 Å². The first kappa shape index (κ1) is 23.3. The maximum atomic E-state index is 11.8. The Kier molecular flexibility index (Phi) is 5.34. The fraction of sp³-hybridized carbons (Fsp3) is 0.852. The Hall–Kier alpha value is -1.40. The molecule has 0 spiro atoms. The largest absolute Gasteiger partial charge is 0.463 e. The van der Waals surface area contributed by atoms with Crippen molar-refractivity contribution in [2.75, 3.05) is 6.61 Å². The van der Waals surface area contributed by atoms with E-state index in [9.17, 15) is 14.7 Å². The van der Waals surface area contributed by atoms with Crippen LogP contribution in [-0.2, 0) is 23.8 Å². The van der Waals surface area contributed by atoms with Gasteiger partial charge in [0.15, 0.2) is 0 Å². The van der Waals surface area contributed by atoms with Gasteiger partial charge in [0.05, 0.1) is 6.10 Å². The van der Waals surface area contributed by atoms with Gasteiger partial charge in [0.25, 0.3) is 0 Å². The number of cyclic esters (lactones) is 1. The van der Waals surface area contributed by atoms with Crippen LogP contribution in [0.5, 0.6) is 0 Å². The molecule has 0 aromatic rings. The predicted molar refractivity (Wildman–Crippen MR) is 122 cm³/mol. The first-order chi connectivity index (χ1) is 15.4. The van der Waals surface area contributed by atoms with E-state index in [1.54, 1.807) is 0 Å². The van der Waals surface area contributed by atoms with Crippen LogP contribution in [0.1, 0.15) is 86.0 Å². The van der Waals surface area contributed by atoms with Crippen molar-refractivity contribution in [1.82, 2.24) is 0 Å². The maximum Gasteiger partial charge on any atom is 0.333 e. The van der Waals surface area contributed by atoms with Crippen LogP contribution in [0.2, 0.25) is 0 Å². The zero-order chi connectivity index (χ0) is 23.8. The molecule has 0 amide bonds. The Bertz CT molecular complexity index is 878. The van der Waals surface area contributed by atoms with E-state index in [0.717, 1.165) is 31.6 Å². The summed E-state index contributed by atoms with van der Waals surface area (Å²) in [7, 11) is 0. The Morgan fingerprint density at radius 2 is 1.76 bits per heavy atom. The molecular weight excluding hydrogens is 420 g/mol. The molecule has 8 atom stereocenters. The molecule has 6 nitrogen and oxygen atoms in total. The summed E-state index contributed by atoms with van der Waals surface area (Å²) in [6.45, 7) is 11.6. The molecular formula is C27H40O6. The molecule has 3 saturated carbocycles. The smallest absolute Gasteiger partial charge is 0.333 e. The molecule has 0 unspecified atom stereocenters. The summed E-state index contributed by atoms with van der Waals surface area (Å²) in [6, 6.07) is 0. The van der Waals surface area contributed by atoms with Crippen LogP contribution in [0.3, 0.4) is 0 Å². The molecule has 0 aromatic heterocycles. The van der Waals surface area contributed by atoms with Crippen molar-refractivity contribution in [2.45, 2.75) is 104 Å². The van der Waals surface area contributed by atoms with Gasteiger partial charge in [-0.05, 0) is 78.9 Å². The third-order valence-electron chi connectivity index (χ3n) is 10.6. The van der Waals surface area contributed by atoms with Crippen LogP contribution in [0.4, 0.5) is 0 Å². The molecule has 4 fully saturated rings. The second-order valence-corrected chi connectivity index (χ2v) is 12.7. The van der Waals surface area contributed by atoms with Crippen molar-refractivity contribution >= 4 is 11.9 Å². The molecule has 33 heavy (non-hydrogen) atoms. The second kappa shape index (κ2) is 7.55. The standard InChI is InChI=1S/C27H40O6/c1-16(28)31-15-27-12-8-20-25(4)10-6-9-24(2,3)19(25)7-11-26(20,5)21(27)14-18(33-27)17-13-22(29)32-23(17)30/h13,18-21,23,30H,6-12,14-15H2,1-5H3/t18-,19-,20+,21-,23-,25-,26+,27+/m0/s1. The summed E-state index contributed by atoms with van der Waals surface area (Å²) in [5.74, 6) is 0.680. The zero-order valence-electron chi connectivity index (χ0n) is 20.8. The van der Waals surface area contributed by atoms with Crippen LogP contribution in [-0.4, -0.2) is 41.6 Å². The number of rotatable bonds is 3. The Morgan fingerprint density at radius 3 is 2.42 bits per heavy atom. The number of aliphatic hydroxyl groups is 1. The van der Waals surface area contributed by atoms with E-state index in [1.807, 2.05) is 0 Å². The Morgan fingerprint density at radius 1 is 1.06 bits per heavy atom. The number of carbonyl (C=O) groups excluding carboxylic acids is 2. The summed E-state index contributed by atoms with van der Waals surface area (Å²) in [6.07, 6.45) is 8.59. The number of hydrogen-bond donors (Lipinski definition) is 1. The fourth-order valence-corrected chi connectivity index (χ4v) is 9.40. The normalized spacial score (nSPS) is 48.2. The van der Waals surface area contributed by atoms with Crippen molar-refractivity contribution < 1.29 is 28.9 Å². The molecule has 0 aromatic carbocycles. The van der Waals surface area contributed by atoms with Gasteiger partial charge in [-0.3, -0.25) is 4.79 Å². The second-order valence-electron chi connectivity index (χ2n) is 12.7. The van der Waals surface area contributed by atoms with Crippen LogP contribution < -0.4 is 0 Å². The number of carbonyl (C=O) groups is 2. The number of ether oxygens (including phenoxy) is 3. The van der Waals surface area contributed by atoms with Gasteiger partial charge >= 0.3 is 11.9 Å². The summed E-state index contributed by atoms with van der Waals surface area (Å²) in [5, 5.41) is 10.3. The monoisotopic (exact) mass is 460 g/mol. The van der Waals surface area contributed by atoms with Crippen molar-refractivity contribution in [3.05, 3.63) is 11.6 Å². The van der Waals surface area contributed by atoms with Gasteiger partial charge in [0.1, 0.15) is 12.2 Å². The van der Waals surface area contributed by atoms with Gasteiger partial charge in [-0.2, -0.15) is 0 Å². The molecule has 1 saturated heterocycles. The van der Waals surface area contributed by atoms with Crippen molar-refractivity contribution in [3.63, 3.8) is 0 Å². The van der Waals surface area contributed by atoms with E-state index in [2.05, 4.69) is 27.7 Å². The third kappa shape index (κ3) is 3.42. The minimum Gasteiger partial charge on any atom is -0.463 e. The SMILES string of the molecule is CC(=O)OC[C@]12CC[C@H]3[C@@](C)(CC[C@H]4C(C)(C)CCC[C@]34C)[C@@H]1C[C@@H](C1=CC(=O)O[C@@H]1O)O2. The lowest BCUT2D eigenvalue weighted by atomic mass is 9.38. The number of esters is 2. The maximum absolute atomic E-state index is 11.8. The molecule has 0 radical (unpaired) electrons. The highest BCUT2D eigenvalue weighted by molar-refractivity contribution is 5.85. The Balaban J connectivity index is 1.51. The van der Waals surface area contributed by atoms with Gasteiger partial charge in [-0.15, -0.1) is 0 Å². The van der Waals surface area contributed by atoms with Gasteiger partial charge in [-0.25, -0.2) is 4.79 Å². The van der Waals surface area contributed by atoms with E-state index >= 15 is 0 Å². The van der Waals surface area contributed by atoms with E-state index in [4.69, 9.17) is 14.2 Å². The molecule has 184 valence electrons. The lowest BCUT2D eigenvalue weighted by Crippen LogP contribution is -2.63. The zero-order valence-corrected chi connectivity index (χ0v) is 20.8. The molecule has 5 aliphatic rings. The molecule has 5 rings (SSSR count). The molecule has 6 heteroatoms. The summed E-state index contributed by atoms with van der Waals surface area (Å²) < 4.78 is 17.3. The lowest BCUT2D eigenvalue weighted by molar-refractivity contribution is -0.216. The van der Waals surface area contributed by atoms with Crippen LogP contribution in [0.15, 0.2) is 11.6 Å². The minimum absolute atomic E-state index is 0.0564. The number of hydrogen-bond acceptors (Lipinski definition) is 6. The molecule has 2 heterocycles. The summed E-state index contributed by atoms with van der Waals surface area (Å²) >= 11 is 0. The summed E-state index contributed by atoms with van der Waals surface area (Å²) in [5.41, 5.74) is 0.648. The fourth-order valence-electron chi connectivity index (χ4n) is 9.40. The van der Waals surface area contributed by atoms with Crippen LogP contribution in [0, 0.1) is 34.0 Å². The van der Waals surface area contributed by atoms with Crippen molar-refractivity contribution in [2.24, 2.45) is 34.0 Å². The third-order valence-corrected chi connectivity index (χ3v) is 10.6. The highest BCUT2D eigenvalue weighted by atomic mass is 16.6. The topological polar surface area (TPSA) is 82.1 Å². The summed E-state index contributed by atoms with van der Waals surface area (Å²) in [4.78, 5) is 23.6. The number of fused-ring (bicyclic) bond motifs is 5. The van der Waals surface area contributed by atoms with E-state index < -0.39 is 24.0 Å². The van der Waals surface area contributed by atoms with Crippen LogP contribution in [0.25, 0.3) is 0 Å². The van der Waals surface area contributed by atoms with Gasteiger partial charge in [0, 0.05) is 18.6 Å². The van der Waals surface area contributed by atoms with Crippen molar-refractivity contribution in [3.8, 4) is 0 Å². The predicted octanol–water partition coefficient (Wildman–Crippen LogP) is 4.54. The first-order valence-electron chi connectivity index (χ1n) is 12.8. The van der Waals surface area contributed by atoms with Gasteiger partial charge in [0.2, 0.25) is 6.29 Å². The quantitative estimate of drug-likeness (QED) is 0.623. The highest BCUT2D eigenvalue weighted by Crippen LogP contribution is 2.71. The van der Waals surface area contributed by atoms with Crippen LogP contribution >= 0.6 is 0 Å². The molecule has 0 bridgehead atoms.